The Labute approximate surface area is 177 Å². The molecule has 2 rings (SSSR count). The zero-order valence-electron chi connectivity index (χ0n) is 17.5. The molecule has 0 atom stereocenters. The van der Waals surface area contributed by atoms with Crippen molar-refractivity contribution >= 4 is 23.5 Å². The van der Waals surface area contributed by atoms with Crippen LogP contribution in [-0.4, -0.2) is 24.1 Å². The Bertz CT molecular complexity index is 842. The van der Waals surface area contributed by atoms with Crippen molar-refractivity contribution in [1.29, 1.82) is 0 Å². The van der Waals surface area contributed by atoms with Crippen LogP contribution in [0.3, 0.4) is 0 Å². The molecule has 0 saturated heterocycles. The van der Waals surface area contributed by atoms with Crippen LogP contribution in [-0.2, 0) is 26.3 Å². The largest absolute Gasteiger partial charge is 0.476 e. The van der Waals surface area contributed by atoms with Crippen LogP contribution in [0, 0.1) is 0 Å². The van der Waals surface area contributed by atoms with Crippen LogP contribution in [0.5, 0.6) is 5.75 Å². The van der Waals surface area contributed by atoms with Crippen molar-refractivity contribution in [2.24, 2.45) is 0 Å². The lowest BCUT2D eigenvalue weighted by molar-refractivity contribution is -0.158. The number of hydrogen-bond acceptors (Lipinski definition) is 4. The summed E-state index contributed by atoms with van der Waals surface area (Å²) < 4.78 is 10.8. The maximum atomic E-state index is 12.7. The van der Waals surface area contributed by atoms with E-state index in [2.05, 4.69) is 5.32 Å². The van der Waals surface area contributed by atoms with Crippen molar-refractivity contribution in [3.05, 3.63) is 64.7 Å². The third kappa shape index (κ3) is 5.97. The molecule has 2 aromatic rings. The fourth-order valence-electron chi connectivity index (χ4n) is 2.72. The Kier molecular flexibility index (Phi) is 7.31. The molecule has 2 aromatic carbocycles. The molecule has 1 N–H and O–H groups in total. The Morgan fingerprint density at radius 2 is 1.55 bits per heavy atom. The van der Waals surface area contributed by atoms with Crippen LogP contribution in [0.4, 0.5) is 0 Å². The summed E-state index contributed by atoms with van der Waals surface area (Å²) in [5.74, 6) is 0.0592. The molecule has 0 unspecified atom stereocenters. The number of ether oxygens (including phenoxy) is 2. The molecule has 6 heteroatoms. The highest BCUT2D eigenvalue weighted by Crippen LogP contribution is 2.25. The second-order valence-corrected chi connectivity index (χ2v) is 8.23. The number of benzene rings is 2. The summed E-state index contributed by atoms with van der Waals surface area (Å²) in [4.78, 5) is 24.6. The molecule has 5 nitrogen and oxygen atoms in total. The molecular weight excluding hydrogens is 390 g/mol. The first kappa shape index (κ1) is 22.8. The van der Waals surface area contributed by atoms with E-state index in [1.807, 2.05) is 38.1 Å². The van der Waals surface area contributed by atoms with Gasteiger partial charge in [0.1, 0.15) is 5.75 Å². The van der Waals surface area contributed by atoms with E-state index < -0.39 is 17.0 Å². The van der Waals surface area contributed by atoms with Gasteiger partial charge in [0, 0.05) is 11.6 Å². The molecule has 0 bridgehead atoms. The predicted octanol–water partition coefficient (Wildman–Crippen LogP) is 4.65. The van der Waals surface area contributed by atoms with E-state index in [0.717, 1.165) is 11.1 Å². The molecule has 1 amide bonds. The molecule has 0 spiro atoms. The van der Waals surface area contributed by atoms with Gasteiger partial charge in [0.05, 0.1) is 12.0 Å². The minimum atomic E-state index is -1.08. The van der Waals surface area contributed by atoms with Crippen LogP contribution in [0.25, 0.3) is 0 Å². The topological polar surface area (TPSA) is 64.6 Å². The number of carbonyl (C=O) groups is 2. The number of hydrogen-bond donors (Lipinski definition) is 1. The van der Waals surface area contributed by atoms with Crippen LogP contribution >= 0.6 is 11.6 Å². The van der Waals surface area contributed by atoms with Gasteiger partial charge in [-0.1, -0.05) is 35.9 Å². The second-order valence-electron chi connectivity index (χ2n) is 7.79. The Balaban J connectivity index is 1.97. The van der Waals surface area contributed by atoms with Crippen molar-refractivity contribution < 1.29 is 19.1 Å². The van der Waals surface area contributed by atoms with E-state index in [0.29, 0.717) is 23.9 Å². The van der Waals surface area contributed by atoms with Gasteiger partial charge in [-0.15, -0.1) is 0 Å². The number of nitrogens with one attached hydrogen (secondary N) is 1. The minimum absolute atomic E-state index is 0.0800. The predicted molar refractivity (Wildman–Crippen MR) is 114 cm³/mol. The molecule has 0 aliphatic heterocycles. The van der Waals surface area contributed by atoms with E-state index >= 15 is 0 Å². The van der Waals surface area contributed by atoms with Gasteiger partial charge in [-0.2, -0.15) is 0 Å². The summed E-state index contributed by atoms with van der Waals surface area (Å²) in [6, 6.07) is 14.5. The van der Waals surface area contributed by atoms with E-state index in [1.54, 1.807) is 45.0 Å². The monoisotopic (exact) mass is 417 g/mol. The summed E-state index contributed by atoms with van der Waals surface area (Å²) in [6.45, 7) is 9.52. The fourth-order valence-corrected chi connectivity index (χ4v) is 2.84. The average molecular weight is 418 g/mol. The maximum Gasteiger partial charge on any atom is 0.349 e. The normalized spacial score (nSPS) is 11.7. The van der Waals surface area contributed by atoms with E-state index in [1.165, 1.54) is 0 Å². The Morgan fingerprint density at radius 3 is 2.10 bits per heavy atom. The van der Waals surface area contributed by atoms with Gasteiger partial charge in [0.2, 0.25) is 5.91 Å². The summed E-state index contributed by atoms with van der Waals surface area (Å²) in [6.07, 6.45) is 0. The van der Waals surface area contributed by atoms with Crippen molar-refractivity contribution in [3.8, 4) is 5.75 Å². The van der Waals surface area contributed by atoms with Gasteiger partial charge in [0.15, 0.2) is 5.60 Å². The molecule has 0 aliphatic rings. The molecule has 0 saturated carbocycles. The van der Waals surface area contributed by atoms with Crippen molar-refractivity contribution in [3.63, 3.8) is 0 Å². The molecule has 0 aliphatic carbocycles. The third-order valence-electron chi connectivity index (χ3n) is 4.65. The molecule has 156 valence electrons. The summed E-state index contributed by atoms with van der Waals surface area (Å²) >= 11 is 5.93. The van der Waals surface area contributed by atoms with Crippen LogP contribution in [0.1, 0.15) is 45.7 Å². The molecule has 0 heterocycles. The number of amides is 1. The lowest BCUT2D eigenvalue weighted by Crippen LogP contribution is -2.40. The average Bonchev–Trinajstić information content (AvgIpc) is 2.67. The van der Waals surface area contributed by atoms with E-state index in [-0.39, 0.29) is 5.91 Å². The van der Waals surface area contributed by atoms with Crippen molar-refractivity contribution in [2.75, 3.05) is 6.61 Å². The summed E-state index contributed by atoms with van der Waals surface area (Å²) in [7, 11) is 0. The minimum Gasteiger partial charge on any atom is -0.476 e. The van der Waals surface area contributed by atoms with Crippen molar-refractivity contribution in [1.82, 2.24) is 5.32 Å². The van der Waals surface area contributed by atoms with Gasteiger partial charge in [0.25, 0.3) is 0 Å². The van der Waals surface area contributed by atoms with Gasteiger partial charge in [-0.05, 0) is 70.0 Å². The SMILES string of the molecule is CCOC(=O)C(C)(C)Oc1ccc(CNC(=O)C(C)(C)c2ccc(Cl)cc2)cc1. The smallest absolute Gasteiger partial charge is 0.349 e. The number of carbonyl (C=O) groups excluding carboxylic acids is 2. The van der Waals surface area contributed by atoms with Crippen LogP contribution < -0.4 is 10.1 Å². The van der Waals surface area contributed by atoms with E-state index in [9.17, 15) is 9.59 Å². The highest BCUT2D eigenvalue weighted by Gasteiger charge is 2.32. The van der Waals surface area contributed by atoms with Gasteiger partial charge in [-0.3, -0.25) is 4.79 Å². The van der Waals surface area contributed by atoms with E-state index in [4.69, 9.17) is 21.1 Å². The Morgan fingerprint density at radius 1 is 0.966 bits per heavy atom. The first-order valence-electron chi connectivity index (χ1n) is 9.56. The van der Waals surface area contributed by atoms with Crippen LogP contribution in [0.2, 0.25) is 5.02 Å². The molecule has 0 fully saturated rings. The maximum absolute atomic E-state index is 12.7. The highest BCUT2D eigenvalue weighted by atomic mass is 35.5. The first-order valence-corrected chi connectivity index (χ1v) is 9.93. The highest BCUT2D eigenvalue weighted by molar-refractivity contribution is 6.30. The zero-order valence-corrected chi connectivity index (χ0v) is 18.3. The molecule has 0 aromatic heterocycles. The lowest BCUT2D eigenvalue weighted by Gasteiger charge is -2.25. The quantitative estimate of drug-likeness (QED) is 0.634. The molecule has 29 heavy (non-hydrogen) atoms. The Hall–Kier alpha value is -2.53. The molecule has 0 radical (unpaired) electrons. The van der Waals surface area contributed by atoms with Crippen molar-refractivity contribution in [2.45, 2.75) is 52.2 Å². The summed E-state index contributed by atoms with van der Waals surface area (Å²) in [5, 5.41) is 3.61. The zero-order chi connectivity index (χ0) is 21.7. The van der Waals surface area contributed by atoms with Gasteiger partial charge >= 0.3 is 5.97 Å². The second kappa shape index (κ2) is 9.31. The fraction of sp³-hybridized carbons (Fsp3) is 0.391. The number of halogens is 1. The third-order valence-corrected chi connectivity index (χ3v) is 4.90. The lowest BCUT2D eigenvalue weighted by atomic mass is 9.83. The standard InChI is InChI=1S/C23H28ClNO4/c1-6-28-21(27)23(4,5)29-19-13-7-16(8-14-19)15-25-20(26)22(2,3)17-9-11-18(24)12-10-17/h7-14H,6,15H2,1-5H3,(H,25,26). The van der Waals surface area contributed by atoms with Gasteiger partial charge < -0.3 is 14.8 Å². The number of rotatable bonds is 8. The number of esters is 1. The summed E-state index contributed by atoms with van der Waals surface area (Å²) in [5.41, 5.74) is 0.0574. The molecular formula is C23H28ClNO4. The first-order chi connectivity index (χ1) is 13.6. The van der Waals surface area contributed by atoms with Gasteiger partial charge in [-0.25, -0.2) is 4.79 Å². The van der Waals surface area contributed by atoms with Crippen LogP contribution in [0.15, 0.2) is 48.5 Å².